The Labute approximate surface area is 185 Å². The topological polar surface area (TPSA) is 125 Å². The Balaban J connectivity index is 1.50. The minimum absolute atomic E-state index is 0.455. The van der Waals surface area contributed by atoms with Gasteiger partial charge in [0.15, 0.2) is 0 Å². The van der Waals surface area contributed by atoms with Crippen LogP contribution < -0.4 is 4.74 Å². The summed E-state index contributed by atoms with van der Waals surface area (Å²) in [5.74, 6) is 1.13. The molecule has 0 radical (unpaired) electrons. The molecule has 0 saturated carbocycles. The van der Waals surface area contributed by atoms with Crippen molar-refractivity contribution in [1.82, 2.24) is 9.97 Å². The third-order valence-corrected chi connectivity index (χ3v) is 5.69. The van der Waals surface area contributed by atoms with Gasteiger partial charge in [-0.05, 0) is 47.7 Å². The molecule has 1 aliphatic rings. The Morgan fingerprint density at radius 1 is 0.969 bits per heavy atom. The van der Waals surface area contributed by atoms with E-state index in [0.29, 0.717) is 23.6 Å². The smallest absolute Gasteiger partial charge is 0.222 e. The van der Waals surface area contributed by atoms with Gasteiger partial charge in [-0.25, -0.2) is 9.97 Å². The van der Waals surface area contributed by atoms with Crippen molar-refractivity contribution in [2.75, 3.05) is 6.61 Å². The number of nitrogens with zero attached hydrogens (tertiary/aromatic N) is 2. The molecule has 0 amide bonds. The molecule has 0 unspecified atom stereocenters. The second-order valence-electron chi connectivity index (χ2n) is 7.91. The number of benzene rings is 2. The number of hydrogen-bond acceptors (Lipinski definition) is 8. The van der Waals surface area contributed by atoms with Gasteiger partial charge in [0, 0.05) is 12.3 Å². The van der Waals surface area contributed by atoms with E-state index in [1.807, 2.05) is 49.4 Å². The monoisotopic (exact) mass is 438 g/mol. The summed E-state index contributed by atoms with van der Waals surface area (Å²) in [7, 11) is 0. The highest BCUT2D eigenvalue weighted by molar-refractivity contribution is 5.38. The van der Waals surface area contributed by atoms with Gasteiger partial charge in [0.2, 0.25) is 5.88 Å². The highest BCUT2D eigenvalue weighted by atomic mass is 16.5. The number of hydrogen-bond donors (Lipinski definition) is 4. The van der Waals surface area contributed by atoms with E-state index in [-0.39, 0.29) is 0 Å². The summed E-state index contributed by atoms with van der Waals surface area (Å²) in [6.07, 6.45) is -2.19. The molecule has 1 saturated heterocycles. The van der Waals surface area contributed by atoms with Crippen molar-refractivity contribution >= 4 is 0 Å². The van der Waals surface area contributed by atoms with Crippen molar-refractivity contribution in [3.8, 4) is 11.6 Å². The maximum Gasteiger partial charge on any atom is 0.222 e. The van der Waals surface area contributed by atoms with Crippen LogP contribution in [0.4, 0.5) is 0 Å². The van der Waals surface area contributed by atoms with E-state index in [2.05, 4.69) is 9.97 Å². The Kier molecular flexibility index (Phi) is 6.78. The van der Waals surface area contributed by atoms with Crippen LogP contribution in [0.1, 0.15) is 28.4 Å². The van der Waals surface area contributed by atoms with Crippen LogP contribution in [0, 0.1) is 6.92 Å². The highest BCUT2D eigenvalue weighted by Crippen LogP contribution is 2.33. The molecule has 2 heterocycles. The van der Waals surface area contributed by atoms with Crippen molar-refractivity contribution in [1.29, 1.82) is 0 Å². The van der Waals surface area contributed by atoms with Crippen LogP contribution in [0.15, 0.2) is 61.1 Å². The Morgan fingerprint density at radius 2 is 1.75 bits per heavy atom. The molecule has 1 fully saturated rings. The van der Waals surface area contributed by atoms with Crippen molar-refractivity contribution < 1.29 is 29.9 Å². The fourth-order valence-electron chi connectivity index (χ4n) is 3.79. The van der Waals surface area contributed by atoms with E-state index in [0.717, 1.165) is 16.7 Å². The molecule has 0 aliphatic carbocycles. The first-order chi connectivity index (χ1) is 15.5. The molecular formula is C24H26N2O6. The highest BCUT2D eigenvalue weighted by Gasteiger charge is 2.43. The molecule has 4 N–H and O–H groups in total. The fourth-order valence-corrected chi connectivity index (χ4v) is 3.79. The van der Waals surface area contributed by atoms with Gasteiger partial charge in [-0.1, -0.05) is 30.3 Å². The summed E-state index contributed by atoms with van der Waals surface area (Å²) in [5, 5.41) is 40.0. The van der Waals surface area contributed by atoms with Crippen LogP contribution in [-0.4, -0.2) is 61.4 Å². The maximum absolute atomic E-state index is 10.4. The first-order valence-electron chi connectivity index (χ1n) is 10.4. The van der Waals surface area contributed by atoms with E-state index in [1.54, 1.807) is 12.3 Å². The van der Waals surface area contributed by atoms with Gasteiger partial charge in [-0.3, -0.25) is 0 Å². The average Bonchev–Trinajstić information content (AvgIpc) is 2.81. The van der Waals surface area contributed by atoms with Gasteiger partial charge >= 0.3 is 0 Å². The quantitative estimate of drug-likeness (QED) is 0.458. The van der Waals surface area contributed by atoms with Crippen molar-refractivity contribution in [3.05, 3.63) is 83.3 Å². The summed E-state index contributed by atoms with van der Waals surface area (Å²) in [5.41, 5.74) is 3.84. The molecular weight excluding hydrogens is 412 g/mol. The van der Waals surface area contributed by atoms with E-state index in [1.165, 1.54) is 6.33 Å². The molecule has 8 nitrogen and oxygen atoms in total. The minimum Gasteiger partial charge on any atom is -0.439 e. The third kappa shape index (κ3) is 4.79. The lowest BCUT2D eigenvalue weighted by Gasteiger charge is -2.40. The molecule has 168 valence electrons. The van der Waals surface area contributed by atoms with Gasteiger partial charge in [0.1, 0.15) is 42.6 Å². The number of rotatable bonds is 6. The van der Waals surface area contributed by atoms with Crippen LogP contribution in [0.3, 0.4) is 0 Å². The van der Waals surface area contributed by atoms with E-state index >= 15 is 0 Å². The van der Waals surface area contributed by atoms with Crippen molar-refractivity contribution in [3.63, 3.8) is 0 Å². The Hall–Kier alpha value is -2.88. The molecule has 3 aromatic rings. The Morgan fingerprint density at radius 3 is 2.44 bits per heavy atom. The normalized spacial score (nSPS) is 25.5. The number of aliphatic hydroxyl groups excluding tert-OH is 4. The predicted octanol–water partition coefficient (Wildman–Crippen LogP) is 1.68. The number of aromatic nitrogens is 2. The van der Waals surface area contributed by atoms with E-state index in [9.17, 15) is 20.4 Å². The van der Waals surface area contributed by atoms with Gasteiger partial charge < -0.3 is 29.9 Å². The molecule has 4 rings (SSSR count). The van der Waals surface area contributed by atoms with E-state index < -0.39 is 37.1 Å². The molecule has 0 spiro atoms. The SMILES string of the molecule is Cc1ccc([C@@H]2O[C@H](CO)[C@@H](O)[C@H](O)[C@H]2O)cc1Cc1ccc(Oc2ccncn2)cc1. The molecule has 5 atom stereocenters. The second kappa shape index (κ2) is 9.72. The molecule has 8 heteroatoms. The number of aryl methyl sites for hydroxylation is 1. The summed E-state index contributed by atoms with van der Waals surface area (Å²) >= 11 is 0. The zero-order valence-electron chi connectivity index (χ0n) is 17.6. The summed E-state index contributed by atoms with van der Waals surface area (Å²) in [6, 6.07) is 15.0. The molecule has 1 aliphatic heterocycles. The van der Waals surface area contributed by atoms with Crippen LogP contribution in [0.5, 0.6) is 11.6 Å². The summed E-state index contributed by atoms with van der Waals surface area (Å²) in [6.45, 7) is 1.54. The molecule has 1 aromatic heterocycles. The Bertz CT molecular complexity index is 1030. The minimum atomic E-state index is -1.40. The van der Waals surface area contributed by atoms with Crippen molar-refractivity contribution in [2.24, 2.45) is 0 Å². The first-order valence-corrected chi connectivity index (χ1v) is 10.4. The molecule has 0 bridgehead atoms. The zero-order valence-corrected chi connectivity index (χ0v) is 17.6. The zero-order chi connectivity index (χ0) is 22.7. The van der Waals surface area contributed by atoms with Gasteiger partial charge in [0.05, 0.1) is 6.61 Å². The predicted molar refractivity (Wildman–Crippen MR) is 115 cm³/mol. The van der Waals surface area contributed by atoms with E-state index in [4.69, 9.17) is 9.47 Å². The lowest BCUT2D eigenvalue weighted by molar-refractivity contribution is -0.231. The van der Waals surface area contributed by atoms with Crippen LogP contribution in [-0.2, 0) is 11.2 Å². The van der Waals surface area contributed by atoms with Crippen LogP contribution >= 0.6 is 0 Å². The number of ether oxygens (including phenoxy) is 2. The molecule has 2 aromatic carbocycles. The average molecular weight is 438 g/mol. The third-order valence-electron chi connectivity index (χ3n) is 5.69. The summed E-state index contributed by atoms with van der Waals surface area (Å²) < 4.78 is 11.4. The van der Waals surface area contributed by atoms with Crippen LogP contribution in [0.2, 0.25) is 0 Å². The lowest BCUT2D eigenvalue weighted by Crippen LogP contribution is -2.55. The first kappa shape index (κ1) is 22.3. The van der Waals surface area contributed by atoms with Gasteiger partial charge in [-0.15, -0.1) is 0 Å². The second-order valence-corrected chi connectivity index (χ2v) is 7.91. The maximum atomic E-state index is 10.4. The van der Waals surface area contributed by atoms with Crippen LogP contribution in [0.25, 0.3) is 0 Å². The lowest BCUT2D eigenvalue weighted by atomic mass is 9.89. The standard InChI is InChI=1S/C24H26N2O6/c1-14-2-5-16(24-23(30)22(29)21(28)19(12-27)32-24)11-17(14)10-15-3-6-18(7-4-15)31-20-8-9-25-13-26-20/h2-9,11,13,19,21-24,27-30H,10,12H2,1H3/t19-,21-,22+,23-,24+/m1/s1. The van der Waals surface area contributed by atoms with Crippen molar-refractivity contribution in [2.45, 2.75) is 43.9 Å². The summed E-state index contributed by atoms with van der Waals surface area (Å²) in [4.78, 5) is 7.91. The van der Waals surface area contributed by atoms with Gasteiger partial charge in [0.25, 0.3) is 0 Å². The fraction of sp³-hybridized carbons (Fsp3) is 0.333. The largest absolute Gasteiger partial charge is 0.439 e. The number of aliphatic hydroxyl groups is 4. The van der Waals surface area contributed by atoms with Gasteiger partial charge in [-0.2, -0.15) is 0 Å². The molecule has 32 heavy (non-hydrogen) atoms.